The minimum Gasteiger partial charge on any atom is -0.453 e. The summed E-state index contributed by atoms with van der Waals surface area (Å²) in [6.07, 6.45) is 1.82. The molecule has 27 heavy (non-hydrogen) atoms. The van der Waals surface area contributed by atoms with Crippen LogP contribution in [0, 0.1) is 5.92 Å². The van der Waals surface area contributed by atoms with Crippen LogP contribution in [0.15, 0.2) is 60.7 Å². The molecule has 3 nitrogen and oxygen atoms in total. The molecule has 2 aromatic carbocycles. The molecule has 4 heteroatoms. The summed E-state index contributed by atoms with van der Waals surface area (Å²) in [5.41, 5.74) is 1.19. The minimum atomic E-state index is -0.830. The summed E-state index contributed by atoms with van der Waals surface area (Å²) < 4.78 is 6.00. The lowest BCUT2D eigenvalue weighted by atomic mass is 9.80. The molecule has 0 saturated carbocycles. The summed E-state index contributed by atoms with van der Waals surface area (Å²) in [7, 11) is 0. The molecule has 2 unspecified atom stereocenters. The highest BCUT2D eigenvalue weighted by Gasteiger charge is 2.47. The fourth-order valence-electron chi connectivity index (χ4n) is 3.41. The molecule has 142 valence electrons. The van der Waals surface area contributed by atoms with E-state index in [1.165, 1.54) is 11.8 Å². The van der Waals surface area contributed by atoms with E-state index in [1.807, 2.05) is 60.7 Å². The molecular formula is C23H26O3S. The van der Waals surface area contributed by atoms with Gasteiger partial charge in [0.05, 0.1) is 6.42 Å². The normalized spacial score (nSPS) is 22.7. The second-order valence-corrected chi connectivity index (χ2v) is 8.63. The van der Waals surface area contributed by atoms with Crippen LogP contribution in [0.5, 0.6) is 0 Å². The molecule has 0 aliphatic carbocycles. The first-order valence-electron chi connectivity index (χ1n) is 9.47. The lowest BCUT2D eigenvalue weighted by molar-refractivity contribution is -0.172. The molecule has 0 aromatic heterocycles. The standard InChI is InChI=1S/C23H26O3S/c1-17(2)13-14-23(19-11-7-4-8-12-19)15-20(24)21(22(25)26-23)27-16-18-9-5-3-6-10-18/h3-12,17,21H,13-16H2,1-2H3. The van der Waals surface area contributed by atoms with E-state index in [9.17, 15) is 9.59 Å². The van der Waals surface area contributed by atoms with Crippen molar-refractivity contribution in [2.24, 2.45) is 5.92 Å². The van der Waals surface area contributed by atoms with E-state index < -0.39 is 16.8 Å². The molecule has 1 saturated heterocycles. The van der Waals surface area contributed by atoms with Gasteiger partial charge >= 0.3 is 5.97 Å². The number of thioether (sulfide) groups is 1. The van der Waals surface area contributed by atoms with E-state index >= 15 is 0 Å². The minimum absolute atomic E-state index is 0.0280. The summed E-state index contributed by atoms with van der Waals surface area (Å²) in [6, 6.07) is 19.6. The van der Waals surface area contributed by atoms with Gasteiger partial charge in [-0.1, -0.05) is 74.5 Å². The molecule has 0 spiro atoms. The molecule has 3 rings (SSSR count). The van der Waals surface area contributed by atoms with Crippen LogP contribution in [0.4, 0.5) is 0 Å². The number of esters is 1. The molecular weight excluding hydrogens is 356 g/mol. The second kappa shape index (κ2) is 8.75. The van der Waals surface area contributed by atoms with Gasteiger partial charge in [-0.2, -0.15) is 0 Å². The van der Waals surface area contributed by atoms with Crippen LogP contribution in [0.2, 0.25) is 0 Å². The Morgan fingerprint density at radius 3 is 2.26 bits per heavy atom. The second-order valence-electron chi connectivity index (χ2n) is 7.53. The van der Waals surface area contributed by atoms with Crippen molar-refractivity contribution >= 4 is 23.5 Å². The van der Waals surface area contributed by atoms with Gasteiger partial charge in [0.25, 0.3) is 0 Å². The van der Waals surface area contributed by atoms with Gasteiger partial charge in [0.1, 0.15) is 5.60 Å². The highest BCUT2D eigenvalue weighted by atomic mass is 32.2. The van der Waals surface area contributed by atoms with Gasteiger partial charge in [-0.3, -0.25) is 9.59 Å². The van der Waals surface area contributed by atoms with Crippen molar-refractivity contribution in [2.75, 3.05) is 0 Å². The van der Waals surface area contributed by atoms with Gasteiger partial charge in [0.2, 0.25) is 0 Å². The Hall–Kier alpha value is -2.07. The Morgan fingerprint density at radius 2 is 1.67 bits per heavy atom. The number of hydrogen-bond donors (Lipinski definition) is 0. The van der Waals surface area contributed by atoms with Crippen LogP contribution in [0.25, 0.3) is 0 Å². The van der Waals surface area contributed by atoms with Crippen molar-refractivity contribution in [3.05, 3.63) is 71.8 Å². The highest BCUT2D eigenvalue weighted by molar-refractivity contribution is 8.00. The fraction of sp³-hybridized carbons (Fsp3) is 0.391. The van der Waals surface area contributed by atoms with Crippen LogP contribution >= 0.6 is 11.8 Å². The number of ether oxygens (including phenoxy) is 1. The summed E-state index contributed by atoms with van der Waals surface area (Å²) in [5, 5.41) is -0.735. The van der Waals surface area contributed by atoms with Crippen molar-refractivity contribution in [3.63, 3.8) is 0 Å². The van der Waals surface area contributed by atoms with Crippen LogP contribution in [0.1, 0.15) is 44.2 Å². The number of Topliss-reactive ketones (excluding diaryl/α,β-unsaturated/α-hetero) is 1. The Bertz CT molecular complexity index is 753. The molecule has 1 heterocycles. The average molecular weight is 383 g/mol. The largest absolute Gasteiger partial charge is 0.453 e. The Balaban J connectivity index is 1.77. The summed E-state index contributed by atoms with van der Waals surface area (Å²) in [4.78, 5) is 25.7. The highest BCUT2D eigenvalue weighted by Crippen LogP contribution is 2.41. The van der Waals surface area contributed by atoms with E-state index in [0.717, 1.165) is 17.5 Å². The number of carbonyl (C=O) groups is 2. The van der Waals surface area contributed by atoms with E-state index in [1.54, 1.807) is 0 Å². The van der Waals surface area contributed by atoms with E-state index in [2.05, 4.69) is 13.8 Å². The molecule has 0 bridgehead atoms. The molecule has 1 aliphatic heterocycles. The van der Waals surface area contributed by atoms with Crippen molar-refractivity contribution in [1.29, 1.82) is 0 Å². The smallest absolute Gasteiger partial charge is 0.327 e. The van der Waals surface area contributed by atoms with E-state index in [4.69, 9.17) is 4.74 Å². The first kappa shape index (κ1) is 19.7. The monoisotopic (exact) mass is 382 g/mol. The molecule has 0 N–H and O–H groups in total. The third-order valence-electron chi connectivity index (χ3n) is 4.95. The third kappa shape index (κ3) is 4.81. The quantitative estimate of drug-likeness (QED) is 0.491. The Kier molecular flexibility index (Phi) is 6.38. The number of rotatable bonds is 7. The van der Waals surface area contributed by atoms with Gasteiger partial charge in [-0.05, 0) is 29.9 Å². The number of benzene rings is 2. The van der Waals surface area contributed by atoms with Crippen LogP contribution in [-0.4, -0.2) is 17.0 Å². The van der Waals surface area contributed by atoms with Crippen molar-refractivity contribution in [1.82, 2.24) is 0 Å². The molecule has 2 atom stereocenters. The fourth-order valence-corrected chi connectivity index (χ4v) is 4.42. The number of ketones is 1. The van der Waals surface area contributed by atoms with Crippen molar-refractivity contribution in [2.45, 2.75) is 49.7 Å². The molecule has 1 aliphatic rings. The number of cyclic esters (lactones) is 1. The van der Waals surface area contributed by atoms with Gasteiger partial charge in [-0.15, -0.1) is 11.8 Å². The van der Waals surface area contributed by atoms with E-state index in [-0.39, 0.29) is 12.2 Å². The first-order valence-corrected chi connectivity index (χ1v) is 10.5. The summed E-state index contributed by atoms with van der Waals surface area (Å²) >= 11 is 1.36. The number of carbonyl (C=O) groups excluding carboxylic acids is 2. The maximum atomic E-state index is 12.9. The predicted octanol–water partition coefficient (Wildman–Crippen LogP) is 5.14. The number of hydrogen-bond acceptors (Lipinski definition) is 4. The summed E-state index contributed by atoms with van der Waals surface area (Å²) in [6.45, 7) is 4.29. The third-order valence-corrected chi connectivity index (χ3v) is 6.24. The average Bonchev–Trinajstić information content (AvgIpc) is 2.67. The van der Waals surface area contributed by atoms with Crippen molar-refractivity contribution < 1.29 is 14.3 Å². The maximum Gasteiger partial charge on any atom is 0.327 e. The molecule has 0 radical (unpaired) electrons. The van der Waals surface area contributed by atoms with Gasteiger partial charge in [0.15, 0.2) is 11.0 Å². The van der Waals surface area contributed by atoms with Gasteiger partial charge in [0, 0.05) is 5.75 Å². The zero-order valence-electron chi connectivity index (χ0n) is 15.9. The van der Waals surface area contributed by atoms with Crippen LogP contribution < -0.4 is 0 Å². The van der Waals surface area contributed by atoms with Crippen LogP contribution in [0.3, 0.4) is 0 Å². The Morgan fingerprint density at radius 1 is 1.04 bits per heavy atom. The predicted molar refractivity (Wildman–Crippen MR) is 109 cm³/mol. The zero-order chi connectivity index (χ0) is 19.3. The maximum absolute atomic E-state index is 12.9. The zero-order valence-corrected chi connectivity index (χ0v) is 16.7. The lowest BCUT2D eigenvalue weighted by Gasteiger charge is -2.39. The SMILES string of the molecule is CC(C)CCC1(c2ccccc2)CC(=O)C(SCc2ccccc2)C(=O)O1. The van der Waals surface area contributed by atoms with Gasteiger partial charge in [-0.25, -0.2) is 0 Å². The topological polar surface area (TPSA) is 43.4 Å². The lowest BCUT2D eigenvalue weighted by Crippen LogP contribution is -2.47. The van der Waals surface area contributed by atoms with Crippen molar-refractivity contribution in [3.8, 4) is 0 Å². The Labute approximate surface area is 165 Å². The molecule has 0 amide bonds. The van der Waals surface area contributed by atoms with E-state index in [0.29, 0.717) is 18.1 Å². The summed E-state index contributed by atoms with van der Waals surface area (Å²) in [5.74, 6) is 0.667. The molecule has 1 fully saturated rings. The molecule has 2 aromatic rings. The van der Waals surface area contributed by atoms with Crippen LogP contribution in [-0.2, 0) is 25.7 Å². The van der Waals surface area contributed by atoms with Gasteiger partial charge < -0.3 is 4.74 Å². The first-order chi connectivity index (χ1) is 13.0.